The number of benzene rings is 2. The summed E-state index contributed by atoms with van der Waals surface area (Å²) in [5.41, 5.74) is 2.17. The van der Waals surface area contributed by atoms with Crippen LogP contribution in [-0.4, -0.2) is 45.2 Å². The minimum absolute atomic E-state index is 0.0858. The van der Waals surface area contributed by atoms with E-state index in [1.54, 1.807) is 53.4 Å². The van der Waals surface area contributed by atoms with Crippen molar-refractivity contribution in [3.05, 3.63) is 79.4 Å². The quantitative estimate of drug-likeness (QED) is 0.426. The molecule has 0 spiro atoms. The number of methoxy groups -OCH3 is 1. The Labute approximate surface area is 201 Å². The lowest BCUT2D eigenvalue weighted by atomic mass is 10.1. The summed E-state index contributed by atoms with van der Waals surface area (Å²) in [6, 6.07) is 18.1. The molecule has 2 amide bonds. The molecule has 3 heterocycles. The molecule has 0 saturated carbocycles. The van der Waals surface area contributed by atoms with E-state index in [2.05, 4.69) is 25.7 Å². The zero-order valence-corrected chi connectivity index (χ0v) is 19.0. The Morgan fingerprint density at radius 2 is 1.89 bits per heavy atom. The Morgan fingerprint density at radius 3 is 2.66 bits per heavy atom. The fourth-order valence-corrected chi connectivity index (χ4v) is 3.89. The summed E-state index contributed by atoms with van der Waals surface area (Å²) in [4.78, 5) is 35.4. The molecular formula is C25H23N7O3. The van der Waals surface area contributed by atoms with Crippen molar-refractivity contribution in [3.63, 3.8) is 0 Å². The van der Waals surface area contributed by atoms with Crippen molar-refractivity contribution in [2.45, 2.75) is 6.42 Å². The Morgan fingerprint density at radius 1 is 1.06 bits per heavy atom. The van der Waals surface area contributed by atoms with Gasteiger partial charge in [-0.15, -0.1) is 0 Å². The molecule has 2 aromatic carbocycles. The van der Waals surface area contributed by atoms with Crippen LogP contribution in [0, 0.1) is 5.92 Å². The normalized spacial score (nSPS) is 15.2. The minimum atomic E-state index is -0.437. The van der Waals surface area contributed by atoms with Gasteiger partial charge in [-0.05, 0) is 42.5 Å². The maximum atomic E-state index is 12.8. The molecule has 35 heavy (non-hydrogen) atoms. The maximum absolute atomic E-state index is 12.8. The molecule has 1 fully saturated rings. The van der Waals surface area contributed by atoms with Gasteiger partial charge in [0.05, 0.1) is 13.0 Å². The van der Waals surface area contributed by atoms with Gasteiger partial charge in [0.1, 0.15) is 17.9 Å². The fraction of sp³-hybridized carbons (Fsp3) is 0.160. The number of carbonyl (C=O) groups excluding carboxylic acids is 2. The van der Waals surface area contributed by atoms with Gasteiger partial charge in [0.2, 0.25) is 11.8 Å². The number of carbonyl (C=O) groups is 2. The molecule has 10 nitrogen and oxygen atoms in total. The van der Waals surface area contributed by atoms with Crippen LogP contribution in [0.2, 0.25) is 0 Å². The van der Waals surface area contributed by atoms with Gasteiger partial charge < -0.3 is 20.3 Å². The van der Waals surface area contributed by atoms with Crippen LogP contribution in [0.25, 0.3) is 5.82 Å². The molecule has 1 saturated heterocycles. The van der Waals surface area contributed by atoms with Crippen LogP contribution >= 0.6 is 0 Å². The van der Waals surface area contributed by atoms with E-state index >= 15 is 0 Å². The Hall–Kier alpha value is -4.73. The molecule has 0 bridgehead atoms. The molecule has 1 aliphatic heterocycles. The van der Waals surface area contributed by atoms with Crippen LogP contribution in [0.3, 0.4) is 0 Å². The first-order chi connectivity index (χ1) is 17.1. The number of hydrogen-bond donors (Lipinski definition) is 2. The van der Waals surface area contributed by atoms with Gasteiger partial charge in [-0.3, -0.25) is 9.59 Å². The second-order valence-corrected chi connectivity index (χ2v) is 8.01. The number of amides is 2. The number of nitrogens with one attached hydrogen (secondary N) is 2. The van der Waals surface area contributed by atoms with E-state index in [1.165, 1.54) is 6.33 Å². The van der Waals surface area contributed by atoms with E-state index in [0.717, 1.165) is 11.4 Å². The number of hydrogen-bond acceptors (Lipinski definition) is 7. The lowest BCUT2D eigenvalue weighted by molar-refractivity contribution is -0.122. The average molecular weight is 470 g/mol. The van der Waals surface area contributed by atoms with E-state index in [4.69, 9.17) is 4.74 Å². The lowest BCUT2D eigenvalue weighted by Gasteiger charge is -2.17. The van der Waals surface area contributed by atoms with Gasteiger partial charge in [-0.25, -0.2) is 14.6 Å². The third kappa shape index (κ3) is 4.96. The fourth-order valence-electron chi connectivity index (χ4n) is 3.89. The zero-order valence-electron chi connectivity index (χ0n) is 19.0. The highest BCUT2D eigenvalue weighted by atomic mass is 16.5. The summed E-state index contributed by atoms with van der Waals surface area (Å²) < 4.78 is 6.89. The van der Waals surface area contributed by atoms with Crippen molar-refractivity contribution < 1.29 is 14.3 Å². The SMILES string of the molecule is COc1cccc(N2C[C@@H](C(=O)Nc3ccc(Nc4cc(-n5cccn5)ncn4)cc3)CC2=O)c1. The molecule has 0 aliphatic carbocycles. The van der Waals surface area contributed by atoms with Crippen molar-refractivity contribution >= 4 is 34.7 Å². The summed E-state index contributed by atoms with van der Waals surface area (Å²) in [7, 11) is 1.58. The van der Waals surface area contributed by atoms with E-state index in [9.17, 15) is 9.59 Å². The van der Waals surface area contributed by atoms with Crippen LogP contribution in [0.5, 0.6) is 5.75 Å². The van der Waals surface area contributed by atoms with Crippen molar-refractivity contribution in [1.29, 1.82) is 0 Å². The summed E-state index contributed by atoms with van der Waals surface area (Å²) in [6.45, 7) is 0.323. The molecule has 2 N–H and O–H groups in total. The Bertz CT molecular complexity index is 1340. The molecule has 5 rings (SSSR count). The summed E-state index contributed by atoms with van der Waals surface area (Å²) in [5, 5.41) is 10.3. The molecule has 0 radical (unpaired) electrons. The first kappa shape index (κ1) is 22.1. The predicted octanol–water partition coefficient (Wildman–Crippen LogP) is 3.41. The van der Waals surface area contributed by atoms with E-state index in [-0.39, 0.29) is 18.2 Å². The molecule has 2 aromatic heterocycles. The zero-order chi connectivity index (χ0) is 24.2. The highest BCUT2D eigenvalue weighted by Crippen LogP contribution is 2.29. The van der Waals surface area contributed by atoms with Crippen molar-refractivity contribution in [2.24, 2.45) is 5.92 Å². The number of rotatable bonds is 7. The molecule has 10 heteroatoms. The molecule has 1 atom stereocenters. The van der Waals surface area contributed by atoms with Crippen LogP contribution in [0.1, 0.15) is 6.42 Å². The first-order valence-electron chi connectivity index (χ1n) is 11.0. The van der Waals surface area contributed by atoms with E-state index in [0.29, 0.717) is 29.6 Å². The van der Waals surface area contributed by atoms with Gasteiger partial charge in [-0.2, -0.15) is 5.10 Å². The van der Waals surface area contributed by atoms with E-state index in [1.807, 2.05) is 36.4 Å². The summed E-state index contributed by atoms with van der Waals surface area (Å²) >= 11 is 0. The maximum Gasteiger partial charge on any atom is 0.229 e. The van der Waals surface area contributed by atoms with Crippen molar-refractivity contribution in [3.8, 4) is 11.6 Å². The standard InChI is InChI=1S/C25H23N7O3/c1-35-21-5-2-4-20(13-21)31-15-17(12-24(31)33)25(34)30-19-8-6-18(7-9-19)29-22-14-23(27-16-26-22)32-11-3-10-28-32/h2-11,13-14,16-17H,12,15H2,1H3,(H,30,34)(H,26,27,29)/t17-/m0/s1. The van der Waals surface area contributed by atoms with Crippen LogP contribution < -0.4 is 20.3 Å². The van der Waals surface area contributed by atoms with Crippen molar-refractivity contribution in [2.75, 3.05) is 29.2 Å². The van der Waals surface area contributed by atoms with Crippen molar-refractivity contribution in [1.82, 2.24) is 19.7 Å². The molecule has 176 valence electrons. The van der Waals surface area contributed by atoms with Gasteiger partial charge >= 0.3 is 0 Å². The monoisotopic (exact) mass is 469 g/mol. The number of ether oxygens (including phenoxy) is 1. The first-order valence-corrected chi connectivity index (χ1v) is 11.0. The average Bonchev–Trinajstić information content (AvgIpc) is 3.56. The molecule has 4 aromatic rings. The number of nitrogens with zero attached hydrogens (tertiary/aromatic N) is 5. The second kappa shape index (κ2) is 9.64. The van der Waals surface area contributed by atoms with Gasteiger partial charge in [0.25, 0.3) is 0 Å². The molecule has 0 unspecified atom stereocenters. The van der Waals surface area contributed by atoms with Crippen LogP contribution in [0.4, 0.5) is 22.9 Å². The van der Waals surface area contributed by atoms with E-state index < -0.39 is 5.92 Å². The summed E-state index contributed by atoms with van der Waals surface area (Å²) in [6.07, 6.45) is 5.11. The highest BCUT2D eigenvalue weighted by molar-refractivity contribution is 6.03. The highest BCUT2D eigenvalue weighted by Gasteiger charge is 2.35. The van der Waals surface area contributed by atoms with Gasteiger partial charge in [0.15, 0.2) is 5.82 Å². The summed E-state index contributed by atoms with van der Waals surface area (Å²) in [5.74, 6) is 1.21. The Balaban J connectivity index is 1.20. The Kier molecular flexibility index (Phi) is 6.08. The smallest absolute Gasteiger partial charge is 0.229 e. The van der Waals surface area contributed by atoms with Crippen LogP contribution in [0.15, 0.2) is 79.4 Å². The van der Waals surface area contributed by atoms with Gasteiger partial charge in [-0.1, -0.05) is 6.07 Å². The predicted molar refractivity (Wildman–Crippen MR) is 131 cm³/mol. The largest absolute Gasteiger partial charge is 0.497 e. The molecule has 1 aliphatic rings. The van der Waals surface area contributed by atoms with Crippen LogP contribution in [-0.2, 0) is 9.59 Å². The second-order valence-electron chi connectivity index (χ2n) is 8.01. The third-order valence-electron chi connectivity index (χ3n) is 5.68. The minimum Gasteiger partial charge on any atom is -0.497 e. The number of aromatic nitrogens is 4. The lowest BCUT2D eigenvalue weighted by Crippen LogP contribution is -2.28. The third-order valence-corrected chi connectivity index (χ3v) is 5.68. The molecular weight excluding hydrogens is 446 g/mol. The topological polar surface area (TPSA) is 114 Å². The number of anilines is 4. The van der Waals surface area contributed by atoms with Gasteiger partial charge in [0, 0.05) is 54.6 Å².